The molecule has 0 saturated carbocycles. The number of carbonyl (C=O) groups excluding carboxylic acids is 1. The smallest absolute Gasteiger partial charge is 0.234 e. The van der Waals surface area contributed by atoms with Crippen molar-refractivity contribution in [3.63, 3.8) is 0 Å². The summed E-state index contributed by atoms with van der Waals surface area (Å²) in [6.07, 6.45) is 0.947. The predicted octanol–water partition coefficient (Wildman–Crippen LogP) is 0.0783. The number of nitrogens with two attached hydrogens (primary N) is 1. The number of hydrogen-bond acceptors (Lipinski definition) is 6. The quantitative estimate of drug-likeness (QED) is 0.739. The Hall–Kier alpha value is -1.21. The van der Waals surface area contributed by atoms with Crippen LogP contribution in [0.5, 0.6) is 0 Å². The fraction of sp³-hybridized carbons (Fsp3) is 0.667. The Balaban J connectivity index is 2.30. The van der Waals surface area contributed by atoms with Gasteiger partial charge in [-0.15, -0.1) is 10.2 Å². The molecule has 0 unspecified atom stereocenters. The summed E-state index contributed by atoms with van der Waals surface area (Å²) in [5.41, 5.74) is 5.47. The summed E-state index contributed by atoms with van der Waals surface area (Å²) in [4.78, 5) is 13.3. The van der Waals surface area contributed by atoms with Crippen molar-refractivity contribution in [2.75, 3.05) is 25.9 Å². The summed E-state index contributed by atoms with van der Waals surface area (Å²) < 4.78 is 0. The maximum Gasteiger partial charge on any atom is 0.234 e. The minimum Gasteiger partial charge on any atom is -0.374 e. The molecule has 0 aliphatic rings. The Morgan fingerprint density at radius 1 is 1.56 bits per heavy atom. The molecule has 16 heavy (non-hydrogen) atoms. The van der Waals surface area contributed by atoms with Crippen molar-refractivity contribution in [2.45, 2.75) is 19.9 Å². The van der Waals surface area contributed by atoms with Crippen LogP contribution in [0.2, 0.25) is 0 Å². The van der Waals surface area contributed by atoms with E-state index >= 15 is 0 Å². The van der Waals surface area contributed by atoms with Crippen LogP contribution in [0.3, 0.4) is 0 Å². The minimum atomic E-state index is 0.0295. The van der Waals surface area contributed by atoms with Crippen LogP contribution in [-0.2, 0) is 11.3 Å². The summed E-state index contributed by atoms with van der Waals surface area (Å²) in [6.45, 7) is 3.69. The maximum atomic E-state index is 11.4. The van der Waals surface area contributed by atoms with Crippen molar-refractivity contribution in [3.05, 3.63) is 5.01 Å². The maximum absolute atomic E-state index is 11.4. The van der Waals surface area contributed by atoms with E-state index in [0.717, 1.165) is 18.0 Å². The largest absolute Gasteiger partial charge is 0.374 e. The number of aromatic nitrogens is 2. The number of anilines is 1. The lowest BCUT2D eigenvalue weighted by atomic mass is 10.4. The van der Waals surface area contributed by atoms with Crippen LogP contribution < -0.4 is 11.1 Å². The van der Waals surface area contributed by atoms with E-state index in [-0.39, 0.29) is 5.91 Å². The third kappa shape index (κ3) is 4.54. The summed E-state index contributed by atoms with van der Waals surface area (Å²) in [5.74, 6) is 0.0295. The first-order valence-corrected chi connectivity index (χ1v) is 5.96. The topological polar surface area (TPSA) is 84.1 Å². The Bertz CT molecular complexity index is 340. The lowest BCUT2D eigenvalue weighted by Crippen LogP contribution is -2.35. The van der Waals surface area contributed by atoms with E-state index in [4.69, 9.17) is 5.73 Å². The van der Waals surface area contributed by atoms with Gasteiger partial charge in [-0.05, 0) is 13.5 Å². The van der Waals surface area contributed by atoms with Crippen molar-refractivity contribution < 1.29 is 4.79 Å². The zero-order valence-corrected chi connectivity index (χ0v) is 10.4. The molecule has 0 aliphatic heterocycles. The van der Waals surface area contributed by atoms with E-state index < -0.39 is 0 Å². The molecule has 0 spiro atoms. The van der Waals surface area contributed by atoms with Gasteiger partial charge in [-0.3, -0.25) is 9.69 Å². The van der Waals surface area contributed by atoms with Crippen molar-refractivity contribution in [3.8, 4) is 0 Å². The molecule has 6 nitrogen and oxygen atoms in total. The Morgan fingerprint density at radius 2 is 2.31 bits per heavy atom. The molecule has 0 radical (unpaired) electrons. The lowest BCUT2D eigenvalue weighted by Gasteiger charge is -2.13. The highest BCUT2D eigenvalue weighted by Gasteiger charge is 2.09. The average Bonchev–Trinajstić information content (AvgIpc) is 2.60. The van der Waals surface area contributed by atoms with E-state index in [2.05, 4.69) is 15.5 Å². The van der Waals surface area contributed by atoms with Gasteiger partial charge in [0.1, 0.15) is 5.01 Å². The van der Waals surface area contributed by atoms with Crippen LogP contribution in [-0.4, -0.2) is 41.1 Å². The Morgan fingerprint density at radius 3 is 2.88 bits per heavy atom. The zero-order valence-electron chi connectivity index (χ0n) is 9.56. The van der Waals surface area contributed by atoms with E-state index in [0.29, 0.717) is 18.2 Å². The zero-order chi connectivity index (χ0) is 12.0. The highest BCUT2D eigenvalue weighted by molar-refractivity contribution is 7.15. The number of nitrogens with one attached hydrogen (secondary N) is 1. The van der Waals surface area contributed by atoms with Crippen LogP contribution in [0.25, 0.3) is 0 Å². The standard InChI is InChI=1S/C9H17N5OS/c1-3-4-11-7(15)5-14(2)6-8-12-13-9(10)16-8/h3-6H2,1-2H3,(H2,10,13)(H,11,15). The third-order valence-corrected chi connectivity index (χ3v) is 2.61. The molecule has 1 aromatic rings. The van der Waals surface area contributed by atoms with Crippen LogP contribution >= 0.6 is 11.3 Å². The first-order valence-electron chi connectivity index (χ1n) is 5.15. The SMILES string of the molecule is CCCNC(=O)CN(C)Cc1nnc(N)s1. The van der Waals surface area contributed by atoms with Crippen LogP contribution in [0.4, 0.5) is 5.13 Å². The molecule has 0 aromatic carbocycles. The van der Waals surface area contributed by atoms with Crippen LogP contribution in [0.15, 0.2) is 0 Å². The van der Waals surface area contributed by atoms with Gasteiger partial charge in [0, 0.05) is 6.54 Å². The molecule has 90 valence electrons. The molecule has 0 atom stereocenters. The molecule has 3 N–H and O–H groups in total. The highest BCUT2D eigenvalue weighted by Crippen LogP contribution is 2.12. The van der Waals surface area contributed by atoms with Crippen molar-refractivity contribution in [2.24, 2.45) is 0 Å². The van der Waals surface area contributed by atoms with E-state index in [1.54, 1.807) is 0 Å². The molecule has 1 rings (SSSR count). The van der Waals surface area contributed by atoms with Gasteiger partial charge in [0.2, 0.25) is 11.0 Å². The number of carbonyl (C=O) groups is 1. The summed E-state index contributed by atoms with van der Waals surface area (Å²) >= 11 is 1.34. The van der Waals surface area contributed by atoms with Crippen molar-refractivity contribution in [1.29, 1.82) is 0 Å². The Labute approximate surface area is 98.8 Å². The number of nitrogens with zero attached hydrogens (tertiary/aromatic N) is 3. The Kier molecular flexibility index (Phi) is 5.13. The van der Waals surface area contributed by atoms with Gasteiger partial charge in [0.05, 0.1) is 13.1 Å². The van der Waals surface area contributed by atoms with Crippen LogP contribution in [0.1, 0.15) is 18.4 Å². The normalized spacial score (nSPS) is 10.7. The van der Waals surface area contributed by atoms with E-state index in [9.17, 15) is 4.79 Å². The fourth-order valence-electron chi connectivity index (χ4n) is 1.18. The number of likely N-dealkylation sites (N-methyl/N-ethyl adjacent to an activating group) is 1. The van der Waals surface area contributed by atoms with Crippen molar-refractivity contribution in [1.82, 2.24) is 20.4 Å². The lowest BCUT2D eigenvalue weighted by molar-refractivity contribution is -0.122. The second kappa shape index (κ2) is 6.39. The summed E-state index contributed by atoms with van der Waals surface area (Å²) in [5, 5.41) is 11.7. The molecule has 0 saturated heterocycles. The number of amides is 1. The van der Waals surface area contributed by atoms with E-state index in [1.165, 1.54) is 11.3 Å². The molecule has 1 aromatic heterocycles. The highest BCUT2D eigenvalue weighted by atomic mass is 32.1. The first kappa shape index (κ1) is 12.9. The van der Waals surface area contributed by atoms with Gasteiger partial charge < -0.3 is 11.1 Å². The molecule has 1 heterocycles. The number of hydrogen-bond donors (Lipinski definition) is 2. The number of nitrogen functional groups attached to an aromatic ring is 1. The monoisotopic (exact) mass is 243 g/mol. The van der Waals surface area contributed by atoms with Crippen LogP contribution in [0, 0.1) is 0 Å². The number of rotatable bonds is 6. The summed E-state index contributed by atoms with van der Waals surface area (Å²) in [6, 6.07) is 0. The fourth-order valence-corrected chi connectivity index (χ4v) is 1.87. The molecular weight excluding hydrogens is 226 g/mol. The average molecular weight is 243 g/mol. The molecule has 7 heteroatoms. The molecule has 0 aliphatic carbocycles. The molecule has 0 fully saturated rings. The predicted molar refractivity (Wildman–Crippen MR) is 64.0 cm³/mol. The van der Waals surface area contributed by atoms with Crippen molar-refractivity contribution >= 4 is 22.4 Å². The van der Waals surface area contributed by atoms with E-state index in [1.807, 2.05) is 18.9 Å². The first-order chi connectivity index (χ1) is 7.61. The molecular formula is C9H17N5OS. The van der Waals surface area contributed by atoms with Gasteiger partial charge in [0.25, 0.3) is 0 Å². The van der Waals surface area contributed by atoms with Gasteiger partial charge >= 0.3 is 0 Å². The van der Waals surface area contributed by atoms with Gasteiger partial charge in [-0.2, -0.15) is 0 Å². The van der Waals surface area contributed by atoms with Gasteiger partial charge in [-0.1, -0.05) is 18.3 Å². The summed E-state index contributed by atoms with van der Waals surface area (Å²) in [7, 11) is 1.86. The minimum absolute atomic E-state index is 0.0295. The van der Waals surface area contributed by atoms with Gasteiger partial charge in [-0.25, -0.2) is 0 Å². The second-order valence-electron chi connectivity index (χ2n) is 3.56. The second-order valence-corrected chi connectivity index (χ2v) is 4.65. The third-order valence-electron chi connectivity index (χ3n) is 1.87. The molecule has 0 bridgehead atoms. The van der Waals surface area contributed by atoms with Gasteiger partial charge in [0.15, 0.2) is 0 Å². The molecule has 1 amide bonds.